The van der Waals surface area contributed by atoms with E-state index in [0.717, 1.165) is 41.6 Å². The van der Waals surface area contributed by atoms with Crippen molar-refractivity contribution in [1.29, 1.82) is 0 Å². The number of ether oxygens (including phenoxy) is 1. The molecule has 0 amide bonds. The van der Waals surface area contributed by atoms with E-state index < -0.39 is 65.0 Å². The van der Waals surface area contributed by atoms with Crippen LogP contribution in [0.5, 0.6) is 0 Å². The molecule has 8 nitrogen and oxygen atoms in total. The van der Waals surface area contributed by atoms with Crippen LogP contribution in [0, 0.1) is 0 Å². The molecule has 0 bridgehead atoms. The van der Waals surface area contributed by atoms with Gasteiger partial charge in [0.2, 0.25) is 20.0 Å². The van der Waals surface area contributed by atoms with Gasteiger partial charge in [0.1, 0.15) is 11.3 Å². The average molecular weight is 693 g/mol. The van der Waals surface area contributed by atoms with E-state index in [4.69, 9.17) is 27.9 Å². The molecule has 0 aliphatic carbocycles. The average Bonchev–Trinajstić information content (AvgIpc) is 3.27. The molecule has 0 saturated carbocycles. The van der Waals surface area contributed by atoms with Gasteiger partial charge in [0.15, 0.2) is 5.78 Å². The van der Waals surface area contributed by atoms with Crippen LogP contribution in [0.3, 0.4) is 0 Å². The topological polar surface area (TPSA) is 108 Å². The standard InChI is InChI=1S/C13H11ClF3NO3S.C12H9ClF3NO3S/c1-12(6-21-12)11-4-7-3-9(14)8(13(15,16)17)5-10(7)18(11)22(2,19)20;1-6(18)10-4-7-3-9(13)8(12(14,15)16)5-11(7)17(10)21(2,19)20/h3-5H,6H2,1-2H3;3-5H,1-2H3. The Kier molecular flexibility index (Phi) is 8.00. The lowest BCUT2D eigenvalue weighted by Gasteiger charge is -2.13. The summed E-state index contributed by atoms with van der Waals surface area (Å²) in [6, 6.07) is 6.20. The van der Waals surface area contributed by atoms with Gasteiger partial charge in [-0.2, -0.15) is 26.3 Å². The summed E-state index contributed by atoms with van der Waals surface area (Å²) in [5.41, 5.74) is -3.27. The number of Topliss-reactive ketones (excluding diaryl/α,β-unsaturated/α-hetero) is 1. The number of rotatable bonds is 4. The largest absolute Gasteiger partial charge is 0.417 e. The van der Waals surface area contributed by atoms with Crippen LogP contribution in [0.25, 0.3) is 21.8 Å². The van der Waals surface area contributed by atoms with Crippen LogP contribution >= 0.6 is 23.2 Å². The highest BCUT2D eigenvalue weighted by atomic mass is 35.5. The zero-order valence-electron chi connectivity index (χ0n) is 22.4. The molecule has 1 unspecified atom stereocenters. The van der Waals surface area contributed by atoms with E-state index in [0.29, 0.717) is 27.7 Å². The molecular weight excluding hydrogens is 673 g/mol. The second kappa shape index (κ2) is 10.4. The lowest BCUT2D eigenvalue weighted by Crippen LogP contribution is -2.18. The van der Waals surface area contributed by atoms with Gasteiger partial charge in [-0.1, -0.05) is 23.2 Å². The summed E-state index contributed by atoms with van der Waals surface area (Å²) < 4.78 is 132. The third-order valence-corrected chi connectivity index (χ3v) is 9.19. The van der Waals surface area contributed by atoms with Crippen molar-refractivity contribution in [2.75, 3.05) is 19.1 Å². The van der Waals surface area contributed by atoms with Crippen LogP contribution in [-0.4, -0.2) is 49.7 Å². The molecule has 5 rings (SSSR count). The monoisotopic (exact) mass is 692 g/mol. The summed E-state index contributed by atoms with van der Waals surface area (Å²) in [6.07, 6.45) is -7.66. The maximum atomic E-state index is 13.0. The fraction of sp³-hybridized carbons (Fsp3) is 0.320. The Bertz CT molecular complexity index is 2030. The summed E-state index contributed by atoms with van der Waals surface area (Å²) in [5.74, 6) is -0.582. The third-order valence-electron chi connectivity index (χ3n) is 6.45. The summed E-state index contributed by atoms with van der Waals surface area (Å²) >= 11 is 11.3. The van der Waals surface area contributed by atoms with Crippen LogP contribution in [0.4, 0.5) is 26.3 Å². The van der Waals surface area contributed by atoms with E-state index in [1.165, 1.54) is 12.1 Å². The number of hydrogen-bond donors (Lipinski definition) is 0. The highest BCUT2D eigenvalue weighted by Gasteiger charge is 2.46. The Hall–Kier alpha value is -2.79. The first-order valence-corrected chi connectivity index (χ1v) is 16.2. The predicted octanol–water partition coefficient (Wildman–Crippen LogP) is 6.69. The number of fused-ring (bicyclic) bond motifs is 2. The molecule has 2 aromatic heterocycles. The summed E-state index contributed by atoms with van der Waals surface area (Å²) in [6.45, 7) is 3.11. The molecule has 43 heavy (non-hydrogen) atoms. The molecule has 3 heterocycles. The number of epoxide rings is 1. The number of nitrogens with zero attached hydrogens (tertiary/aromatic N) is 2. The predicted molar refractivity (Wildman–Crippen MR) is 148 cm³/mol. The number of halogens is 8. The van der Waals surface area contributed by atoms with Crippen molar-refractivity contribution in [1.82, 2.24) is 7.94 Å². The molecule has 1 fully saturated rings. The Morgan fingerprint density at radius 3 is 1.53 bits per heavy atom. The second-order valence-corrected chi connectivity index (χ2v) is 14.4. The first-order chi connectivity index (χ1) is 19.4. The summed E-state index contributed by atoms with van der Waals surface area (Å²) in [5, 5.41) is -0.575. The van der Waals surface area contributed by atoms with E-state index in [2.05, 4.69) is 0 Å². The van der Waals surface area contributed by atoms with Crippen LogP contribution in [0.15, 0.2) is 36.4 Å². The number of hydrogen-bond acceptors (Lipinski definition) is 6. The molecule has 4 aromatic rings. The molecule has 2 aromatic carbocycles. The minimum Gasteiger partial charge on any atom is -0.363 e. The van der Waals surface area contributed by atoms with Crippen LogP contribution in [-0.2, 0) is 42.7 Å². The van der Waals surface area contributed by atoms with Gasteiger partial charge in [-0.25, -0.2) is 24.8 Å². The highest BCUT2D eigenvalue weighted by molar-refractivity contribution is 7.89. The van der Waals surface area contributed by atoms with Crippen molar-refractivity contribution in [2.24, 2.45) is 0 Å². The highest BCUT2D eigenvalue weighted by Crippen LogP contribution is 2.44. The second-order valence-electron chi connectivity index (χ2n) is 9.97. The van der Waals surface area contributed by atoms with Gasteiger partial charge in [-0.05, 0) is 43.3 Å². The van der Waals surface area contributed by atoms with Gasteiger partial charge in [0, 0.05) is 17.7 Å². The number of carbonyl (C=O) groups is 1. The summed E-state index contributed by atoms with van der Waals surface area (Å²) in [4.78, 5) is 11.5. The van der Waals surface area contributed by atoms with Gasteiger partial charge in [0.25, 0.3) is 0 Å². The lowest BCUT2D eigenvalue weighted by molar-refractivity contribution is -0.138. The Morgan fingerprint density at radius 2 is 1.19 bits per heavy atom. The first-order valence-electron chi connectivity index (χ1n) is 11.8. The normalized spacial score (nSPS) is 17.7. The maximum absolute atomic E-state index is 13.0. The lowest BCUT2D eigenvalue weighted by atomic mass is 10.1. The molecule has 1 aliphatic rings. The number of ketones is 1. The zero-order valence-corrected chi connectivity index (χ0v) is 25.5. The smallest absolute Gasteiger partial charge is 0.363 e. The molecule has 234 valence electrons. The Morgan fingerprint density at radius 1 is 0.791 bits per heavy atom. The van der Waals surface area contributed by atoms with E-state index >= 15 is 0 Å². The van der Waals surface area contributed by atoms with Gasteiger partial charge >= 0.3 is 12.4 Å². The minimum atomic E-state index is -4.73. The molecule has 1 aliphatic heterocycles. The van der Waals surface area contributed by atoms with Crippen molar-refractivity contribution in [2.45, 2.75) is 31.8 Å². The maximum Gasteiger partial charge on any atom is 0.417 e. The number of benzene rings is 2. The van der Waals surface area contributed by atoms with Gasteiger partial charge < -0.3 is 4.74 Å². The van der Waals surface area contributed by atoms with Crippen LogP contribution < -0.4 is 0 Å². The SMILES string of the molecule is CC(=O)c1cc2cc(Cl)c(C(F)(F)F)cc2n1S(C)(=O)=O.CC1(c2cc3cc(Cl)c(C(F)(F)F)cc3n2S(C)(=O)=O)CO1. The molecular formula is C25H20Cl2F6N2O6S2. The van der Waals surface area contributed by atoms with Crippen molar-refractivity contribution in [3.05, 3.63) is 69.0 Å². The number of alkyl halides is 6. The number of aromatic nitrogens is 2. The van der Waals surface area contributed by atoms with E-state index in [9.17, 15) is 48.0 Å². The molecule has 0 radical (unpaired) electrons. The molecule has 1 saturated heterocycles. The van der Waals surface area contributed by atoms with E-state index in [1.54, 1.807) is 6.92 Å². The van der Waals surface area contributed by atoms with Gasteiger partial charge in [-0.15, -0.1) is 0 Å². The van der Waals surface area contributed by atoms with E-state index in [-0.39, 0.29) is 22.1 Å². The van der Waals surface area contributed by atoms with Gasteiger partial charge in [0.05, 0.1) is 57.0 Å². The Balaban J connectivity index is 0.000000197. The van der Waals surface area contributed by atoms with E-state index in [1.807, 2.05) is 0 Å². The Labute approximate surface area is 250 Å². The summed E-state index contributed by atoms with van der Waals surface area (Å²) in [7, 11) is -7.76. The van der Waals surface area contributed by atoms with Crippen molar-refractivity contribution in [3.8, 4) is 0 Å². The molecule has 1 atom stereocenters. The third kappa shape index (κ3) is 6.38. The van der Waals surface area contributed by atoms with Crippen LogP contribution in [0.2, 0.25) is 10.0 Å². The van der Waals surface area contributed by atoms with Crippen molar-refractivity contribution >= 4 is 70.8 Å². The molecule has 18 heteroatoms. The number of carbonyl (C=O) groups excluding carboxylic acids is 1. The molecule has 0 N–H and O–H groups in total. The fourth-order valence-corrected chi connectivity index (χ4v) is 7.16. The van der Waals surface area contributed by atoms with Crippen LogP contribution in [0.1, 0.15) is 41.2 Å². The van der Waals surface area contributed by atoms with Crippen molar-refractivity contribution in [3.63, 3.8) is 0 Å². The molecule has 0 spiro atoms. The minimum absolute atomic E-state index is 0.0639. The first kappa shape index (κ1) is 33.1. The zero-order chi connectivity index (χ0) is 32.7. The quantitative estimate of drug-likeness (QED) is 0.134. The van der Waals surface area contributed by atoms with Gasteiger partial charge in [-0.3, -0.25) is 4.79 Å². The van der Waals surface area contributed by atoms with Crippen molar-refractivity contribution < 1.29 is 52.7 Å². The fourth-order valence-electron chi connectivity index (χ4n) is 4.43.